The summed E-state index contributed by atoms with van der Waals surface area (Å²) in [5, 5.41) is 8.01. The average molecular weight is 300 g/mol. The van der Waals surface area contributed by atoms with Crippen molar-refractivity contribution in [2.75, 3.05) is 13.1 Å². The van der Waals surface area contributed by atoms with Gasteiger partial charge in [-0.05, 0) is 55.2 Å². The maximum Gasteiger partial charge on any atom is 0.0635 e. The third kappa shape index (κ3) is 2.58. The van der Waals surface area contributed by atoms with Crippen LogP contribution in [0.5, 0.6) is 0 Å². The van der Waals surface area contributed by atoms with E-state index in [4.69, 9.17) is 0 Å². The van der Waals surface area contributed by atoms with Crippen molar-refractivity contribution in [2.45, 2.75) is 45.6 Å². The smallest absolute Gasteiger partial charge is 0.0635 e. The molecule has 1 aromatic rings. The molecule has 2 unspecified atom stereocenters. The molecule has 0 aliphatic carbocycles. The molecule has 0 bridgehead atoms. The van der Waals surface area contributed by atoms with Crippen LogP contribution in [0.4, 0.5) is 0 Å². The maximum atomic E-state index is 4.51. The van der Waals surface area contributed by atoms with Crippen LogP contribution in [0.15, 0.2) is 10.7 Å². The lowest BCUT2D eigenvalue weighted by Crippen LogP contribution is -2.36. The van der Waals surface area contributed by atoms with Crippen LogP contribution in [0, 0.1) is 5.92 Å². The lowest BCUT2D eigenvalue weighted by atomic mass is 9.82. The van der Waals surface area contributed by atoms with Gasteiger partial charge in [0, 0.05) is 12.0 Å². The summed E-state index contributed by atoms with van der Waals surface area (Å²) < 4.78 is 3.36. The van der Waals surface area contributed by atoms with Gasteiger partial charge in [0.1, 0.15) is 0 Å². The SMILES string of the molecule is CCC1CNCCC1c1c(Br)cnn1C(C)C. The topological polar surface area (TPSA) is 29.9 Å². The van der Waals surface area contributed by atoms with Crippen molar-refractivity contribution < 1.29 is 0 Å². The van der Waals surface area contributed by atoms with Gasteiger partial charge in [-0.15, -0.1) is 0 Å². The van der Waals surface area contributed by atoms with E-state index in [0.717, 1.165) is 19.0 Å². The Morgan fingerprint density at radius 1 is 1.59 bits per heavy atom. The van der Waals surface area contributed by atoms with Crippen molar-refractivity contribution in [3.8, 4) is 0 Å². The molecular weight excluding hydrogens is 278 g/mol. The van der Waals surface area contributed by atoms with E-state index >= 15 is 0 Å². The molecule has 1 N–H and O–H groups in total. The molecule has 1 aliphatic rings. The summed E-state index contributed by atoms with van der Waals surface area (Å²) in [7, 11) is 0. The highest BCUT2D eigenvalue weighted by molar-refractivity contribution is 9.10. The molecule has 1 aromatic heterocycles. The molecule has 1 fully saturated rings. The van der Waals surface area contributed by atoms with Crippen molar-refractivity contribution in [3.63, 3.8) is 0 Å². The first-order valence-electron chi connectivity index (χ1n) is 6.58. The molecule has 2 rings (SSSR count). The summed E-state index contributed by atoms with van der Waals surface area (Å²) in [4.78, 5) is 0. The average Bonchev–Trinajstić information content (AvgIpc) is 2.71. The molecule has 3 nitrogen and oxygen atoms in total. The fraction of sp³-hybridized carbons (Fsp3) is 0.769. The molecule has 0 spiro atoms. The van der Waals surface area contributed by atoms with Crippen LogP contribution >= 0.6 is 15.9 Å². The third-order valence-electron chi connectivity index (χ3n) is 3.76. The quantitative estimate of drug-likeness (QED) is 0.928. The van der Waals surface area contributed by atoms with Crippen LogP contribution in [-0.4, -0.2) is 22.9 Å². The zero-order valence-corrected chi connectivity index (χ0v) is 12.5. The molecule has 17 heavy (non-hydrogen) atoms. The van der Waals surface area contributed by atoms with Crippen molar-refractivity contribution in [2.24, 2.45) is 5.92 Å². The molecule has 0 amide bonds. The van der Waals surface area contributed by atoms with Gasteiger partial charge < -0.3 is 5.32 Å². The predicted molar refractivity (Wildman–Crippen MR) is 74.3 cm³/mol. The van der Waals surface area contributed by atoms with Gasteiger partial charge in [-0.25, -0.2) is 0 Å². The Hall–Kier alpha value is -0.350. The molecule has 0 radical (unpaired) electrons. The number of hydrogen-bond acceptors (Lipinski definition) is 2. The van der Waals surface area contributed by atoms with E-state index in [0.29, 0.717) is 12.0 Å². The van der Waals surface area contributed by atoms with Crippen molar-refractivity contribution in [1.29, 1.82) is 0 Å². The Balaban J connectivity index is 2.33. The Morgan fingerprint density at radius 3 is 3.00 bits per heavy atom. The van der Waals surface area contributed by atoms with Crippen molar-refractivity contribution in [3.05, 3.63) is 16.4 Å². The number of halogens is 1. The lowest BCUT2D eigenvalue weighted by Gasteiger charge is -2.32. The first kappa shape index (κ1) is 13.1. The number of hydrogen-bond donors (Lipinski definition) is 1. The summed E-state index contributed by atoms with van der Waals surface area (Å²) >= 11 is 3.67. The van der Waals surface area contributed by atoms with Gasteiger partial charge in [0.05, 0.1) is 16.4 Å². The Kier molecular flexibility index (Phi) is 4.26. The van der Waals surface area contributed by atoms with E-state index in [-0.39, 0.29) is 0 Å². The summed E-state index contributed by atoms with van der Waals surface area (Å²) in [6.07, 6.45) is 4.40. The predicted octanol–water partition coefficient (Wildman–Crippen LogP) is 3.33. The highest BCUT2D eigenvalue weighted by Crippen LogP contribution is 2.37. The van der Waals surface area contributed by atoms with Gasteiger partial charge in [0.2, 0.25) is 0 Å². The molecule has 1 saturated heterocycles. The van der Waals surface area contributed by atoms with Crippen molar-refractivity contribution in [1.82, 2.24) is 15.1 Å². The first-order valence-corrected chi connectivity index (χ1v) is 7.38. The second-order valence-corrected chi connectivity index (χ2v) is 6.04. The van der Waals surface area contributed by atoms with E-state index in [1.54, 1.807) is 0 Å². The van der Waals surface area contributed by atoms with Crippen LogP contribution in [0.3, 0.4) is 0 Å². The van der Waals surface area contributed by atoms with Gasteiger partial charge in [-0.3, -0.25) is 4.68 Å². The van der Waals surface area contributed by atoms with Gasteiger partial charge in [-0.1, -0.05) is 13.3 Å². The number of nitrogens with zero attached hydrogens (tertiary/aromatic N) is 2. The summed E-state index contributed by atoms with van der Waals surface area (Å²) in [5.41, 5.74) is 1.40. The monoisotopic (exact) mass is 299 g/mol. The first-order chi connectivity index (χ1) is 8.15. The maximum absolute atomic E-state index is 4.51. The van der Waals surface area contributed by atoms with E-state index in [1.807, 2.05) is 6.20 Å². The van der Waals surface area contributed by atoms with Crippen LogP contribution in [0.25, 0.3) is 0 Å². The molecule has 0 saturated carbocycles. The minimum Gasteiger partial charge on any atom is -0.316 e. The highest BCUT2D eigenvalue weighted by Gasteiger charge is 2.30. The molecule has 2 atom stereocenters. The van der Waals surface area contributed by atoms with Crippen LogP contribution in [-0.2, 0) is 0 Å². The Bertz CT molecular complexity index is 373. The van der Waals surface area contributed by atoms with Crippen LogP contribution in [0.2, 0.25) is 0 Å². The van der Waals surface area contributed by atoms with Crippen LogP contribution in [0.1, 0.15) is 51.3 Å². The zero-order valence-electron chi connectivity index (χ0n) is 10.9. The minimum atomic E-state index is 0.434. The number of rotatable bonds is 3. The summed E-state index contributed by atoms with van der Waals surface area (Å²) in [5.74, 6) is 1.37. The third-order valence-corrected chi connectivity index (χ3v) is 4.37. The fourth-order valence-corrected chi connectivity index (χ4v) is 3.39. The second kappa shape index (κ2) is 5.53. The highest BCUT2D eigenvalue weighted by atomic mass is 79.9. The van der Waals surface area contributed by atoms with Gasteiger partial charge in [0.25, 0.3) is 0 Å². The van der Waals surface area contributed by atoms with Gasteiger partial charge in [0.15, 0.2) is 0 Å². The minimum absolute atomic E-state index is 0.434. The largest absolute Gasteiger partial charge is 0.316 e. The molecule has 2 heterocycles. The van der Waals surface area contributed by atoms with Crippen molar-refractivity contribution >= 4 is 15.9 Å². The second-order valence-electron chi connectivity index (χ2n) is 5.18. The van der Waals surface area contributed by atoms with E-state index in [9.17, 15) is 0 Å². The van der Waals surface area contributed by atoms with Crippen LogP contribution < -0.4 is 5.32 Å². The van der Waals surface area contributed by atoms with E-state index in [2.05, 4.69) is 51.8 Å². The molecule has 0 aromatic carbocycles. The summed E-state index contributed by atoms with van der Waals surface area (Å²) in [6, 6.07) is 0.434. The number of piperidine rings is 1. The van der Waals surface area contributed by atoms with E-state index < -0.39 is 0 Å². The zero-order chi connectivity index (χ0) is 12.4. The van der Waals surface area contributed by atoms with Gasteiger partial charge in [-0.2, -0.15) is 5.10 Å². The molecule has 4 heteroatoms. The molecular formula is C13H22BrN3. The standard InChI is InChI=1S/C13H22BrN3/c1-4-10-7-15-6-5-11(10)13-12(14)8-16-17(13)9(2)3/h8-11,15H,4-7H2,1-3H3. The fourth-order valence-electron chi connectivity index (χ4n) is 2.82. The normalized spacial score (nSPS) is 25.5. The Labute approximate surface area is 112 Å². The number of aromatic nitrogens is 2. The summed E-state index contributed by atoms with van der Waals surface area (Å²) in [6.45, 7) is 8.94. The lowest BCUT2D eigenvalue weighted by molar-refractivity contribution is 0.298. The molecule has 1 aliphatic heterocycles. The van der Waals surface area contributed by atoms with E-state index in [1.165, 1.54) is 23.0 Å². The van der Waals surface area contributed by atoms with Gasteiger partial charge >= 0.3 is 0 Å². The Morgan fingerprint density at radius 2 is 2.35 bits per heavy atom. The number of nitrogens with one attached hydrogen (secondary N) is 1. The molecule has 96 valence electrons.